The summed E-state index contributed by atoms with van der Waals surface area (Å²) in [7, 11) is 1.91. The minimum Gasteiger partial charge on any atom is -0.491 e. The smallest absolute Gasteiger partial charge is 0.354 e. The normalized spacial score (nSPS) is 16.6. The van der Waals surface area contributed by atoms with Crippen LogP contribution in [0.15, 0.2) is 36.5 Å². The first-order valence-corrected chi connectivity index (χ1v) is 6.33. The Hall–Kier alpha value is -2.40. The molecule has 1 aromatic carbocycles. The van der Waals surface area contributed by atoms with Crippen molar-refractivity contribution >= 4 is 5.97 Å². The van der Waals surface area contributed by atoms with Crippen LogP contribution in [-0.2, 0) is 0 Å². The van der Waals surface area contributed by atoms with E-state index in [0.29, 0.717) is 6.61 Å². The van der Waals surface area contributed by atoms with E-state index in [1.54, 1.807) is 12.3 Å². The number of nitrogens with zero attached hydrogens (tertiary/aromatic N) is 1. The first-order valence-electron chi connectivity index (χ1n) is 6.33. The maximum absolute atomic E-state index is 10.8. The van der Waals surface area contributed by atoms with E-state index in [1.807, 2.05) is 25.2 Å². The van der Waals surface area contributed by atoms with Crippen LogP contribution in [0.1, 0.15) is 22.1 Å². The Labute approximate surface area is 116 Å². The molecule has 0 saturated carbocycles. The van der Waals surface area contributed by atoms with Crippen LogP contribution in [0.3, 0.4) is 0 Å². The highest BCUT2D eigenvalue weighted by Crippen LogP contribution is 2.35. The van der Waals surface area contributed by atoms with E-state index in [0.717, 1.165) is 22.4 Å². The number of likely N-dealkylation sites (N-methyl/N-ethyl adjacent to an activating group) is 1. The molecule has 1 aromatic heterocycles. The van der Waals surface area contributed by atoms with E-state index in [-0.39, 0.29) is 11.7 Å². The lowest BCUT2D eigenvalue weighted by molar-refractivity contribution is 0.0690. The molecular weight excluding hydrogens is 256 g/mol. The van der Waals surface area contributed by atoms with Crippen LogP contribution in [0.2, 0.25) is 0 Å². The van der Waals surface area contributed by atoms with Gasteiger partial charge in [0.1, 0.15) is 18.1 Å². The number of benzene rings is 1. The number of hydrogen-bond donors (Lipinski definition) is 2. The number of aromatic carboxylic acids is 1. The third-order valence-electron chi connectivity index (χ3n) is 3.46. The lowest BCUT2D eigenvalue weighted by atomic mass is 10.0. The van der Waals surface area contributed by atoms with E-state index in [4.69, 9.17) is 9.84 Å². The summed E-state index contributed by atoms with van der Waals surface area (Å²) in [5.41, 5.74) is 3.02. The lowest BCUT2D eigenvalue weighted by Gasteiger charge is -2.07. The van der Waals surface area contributed by atoms with Gasteiger partial charge in [0, 0.05) is 17.3 Å². The Morgan fingerprint density at radius 2 is 2.15 bits per heavy atom. The van der Waals surface area contributed by atoms with Gasteiger partial charge in [-0.05, 0) is 24.7 Å². The number of fused-ring (bicyclic) bond motifs is 1. The third-order valence-corrected chi connectivity index (χ3v) is 3.46. The summed E-state index contributed by atoms with van der Waals surface area (Å²) in [6, 6.07) is 9.47. The molecule has 0 saturated heterocycles. The quantitative estimate of drug-likeness (QED) is 0.893. The van der Waals surface area contributed by atoms with Gasteiger partial charge in [-0.1, -0.05) is 18.2 Å². The minimum absolute atomic E-state index is 0.0430. The van der Waals surface area contributed by atoms with Crippen molar-refractivity contribution in [3.8, 4) is 16.9 Å². The molecule has 2 heterocycles. The molecule has 1 aliphatic rings. The Balaban J connectivity index is 1.93. The second-order valence-corrected chi connectivity index (χ2v) is 4.64. The van der Waals surface area contributed by atoms with Crippen LogP contribution in [0, 0.1) is 0 Å². The topological polar surface area (TPSA) is 71.5 Å². The monoisotopic (exact) mass is 270 g/mol. The van der Waals surface area contributed by atoms with E-state index in [9.17, 15) is 4.79 Å². The molecule has 102 valence electrons. The van der Waals surface area contributed by atoms with Crippen LogP contribution < -0.4 is 10.1 Å². The van der Waals surface area contributed by atoms with E-state index in [2.05, 4.69) is 10.3 Å². The van der Waals surface area contributed by atoms with Gasteiger partial charge in [-0.2, -0.15) is 0 Å². The molecule has 0 radical (unpaired) electrons. The van der Waals surface area contributed by atoms with Gasteiger partial charge in [-0.25, -0.2) is 9.78 Å². The second kappa shape index (κ2) is 4.94. The first-order chi connectivity index (χ1) is 9.69. The molecule has 5 heteroatoms. The van der Waals surface area contributed by atoms with Gasteiger partial charge in [0.15, 0.2) is 0 Å². The third kappa shape index (κ3) is 2.12. The zero-order valence-corrected chi connectivity index (χ0v) is 11.0. The van der Waals surface area contributed by atoms with Crippen molar-refractivity contribution in [3.05, 3.63) is 47.8 Å². The summed E-state index contributed by atoms with van der Waals surface area (Å²) >= 11 is 0. The fourth-order valence-corrected chi connectivity index (χ4v) is 2.32. The van der Waals surface area contributed by atoms with Gasteiger partial charge in [0.2, 0.25) is 0 Å². The van der Waals surface area contributed by atoms with Crippen molar-refractivity contribution in [2.45, 2.75) is 6.04 Å². The van der Waals surface area contributed by atoms with Crippen LogP contribution in [0.25, 0.3) is 11.1 Å². The molecule has 20 heavy (non-hydrogen) atoms. The Kier molecular flexibility index (Phi) is 3.12. The molecule has 0 spiro atoms. The number of pyridine rings is 1. The second-order valence-electron chi connectivity index (χ2n) is 4.64. The van der Waals surface area contributed by atoms with Crippen molar-refractivity contribution in [2.24, 2.45) is 0 Å². The summed E-state index contributed by atoms with van der Waals surface area (Å²) in [4.78, 5) is 14.7. The number of ether oxygens (including phenoxy) is 1. The Bertz CT molecular complexity index is 653. The average molecular weight is 270 g/mol. The van der Waals surface area contributed by atoms with Crippen molar-refractivity contribution < 1.29 is 14.6 Å². The number of rotatable bonds is 3. The summed E-state index contributed by atoms with van der Waals surface area (Å²) < 4.78 is 5.65. The molecule has 1 aliphatic heterocycles. The van der Waals surface area contributed by atoms with Gasteiger partial charge >= 0.3 is 5.97 Å². The number of hydrogen-bond acceptors (Lipinski definition) is 4. The van der Waals surface area contributed by atoms with Crippen LogP contribution in [-0.4, -0.2) is 29.7 Å². The van der Waals surface area contributed by atoms with Gasteiger partial charge < -0.3 is 15.2 Å². The van der Waals surface area contributed by atoms with Crippen molar-refractivity contribution in [1.82, 2.24) is 10.3 Å². The van der Waals surface area contributed by atoms with Crippen molar-refractivity contribution in [3.63, 3.8) is 0 Å². The molecule has 3 rings (SSSR count). The molecule has 0 aliphatic carbocycles. The van der Waals surface area contributed by atoms with E-state index < -0.39 is 5.97 Å². The molecule has 0 bridgehead atoms. The molecular formula is C15H14N2O3. The largest absolute Gasteiger partial charge is 0.491 e. The fourth-order valence-electron chi connectivity index (χ4n) is 2.32. The number of carbonyl (C=O) groups is 1. The predicted molar refractivity (Wildman–Crippen MR) is 73.9 cm³/mol. The van der Waals surface area contributed by atoms with Gasteiger partial charge in [0.25, 0.3) is 0 Å². The van der Waals surface area contributed by atoms with Crippen molar-refractivity contribution in [2.75, 3.05) is 13.7 Å². The zero-order valence-electron chi connectivity index (χ0n) is 11.0. The molecule has 2 N–H and O–H groups in total. The summed E-state index contributed by atoms with van der Waals surface area (Å²) in [6.45, 7) is 0.630. The highest BCUT2D eigenvalue weighted by Gasteiger charge is 2.22. The highest BCUT2D eigenvalue weighted by molar-refractivity contribution is 5.85. The number of carboxylic acids is 1. The van der Waals surface area contributed by atoms with E-state index >= 15 is 0 Å². The SMILES string of the molecule is CNC1COc2cc(-c3ccc(C(=O)O)nc3)ccc21. The molecule has 1 atom stereocenters. The first kappa shape index (κ1) is 12.6. The molecule has 2 aromatic rings. The molecule has 0 fully saturated rings. The molecule has 0 amide bonds. The average Bonchev–Trinajstić information content (AvgIpc) is 2.89. The fraction of sp³-hybridized carbons (Fsp3) is 0.200. The molecule has 1 unspecified atom stereocenters. The number of aromatic nitrogens is 1. The van der Waals surface area contributed by atoms with Crippen LogP contribution >= 0.6 is 0 Å². The van der Waals surface area contributed by atoms with Gasteiger partial charge in [-0.3, -0.25) is 0 Å². The Morgan fingerprint density at radius 3 is 2.80 bits per heavy atom. The summed E-state index contributed by atoms with van der Waals surface area (Å²) in [6.07, 6.45) is 1.57. The number of nitrogens with one attached hydrogen (secondary N) is 1. The van der Waals surface area contributed by atoms with Crippen LogP contribution in [0.4, 0.5) is 0 Å². The molecule has 5 nitrogen and oxygen atoms in total. The zero-order chi connectivity index (χ0) is 14.1. The minimum atomic E-state index is -1.02. The van der Waals surface area contributed by atoms with Crippen LogP contribution in [0.5, 0.6) is 5.75 Å². The predicted octanol–water partition coefficient (Wildman–Crippen LogP) is 2.10. The van der Waals surface area contributed by atoms with Gasteiger partial charge in [0.05, 0.1) is 6.04 Å². The summed E-state index contributed by atoms with van der Waals surface area (Å²) in [5.74, 6) is -0.158. The Morgan fingerprint density at radius 1 is 1.35 bits per heavy atom. The van der Waals surface area contributed by atoms with E-state index in [1.165, 1.54) is 6.07 Å². The maximum Gasteiger partial charge on any atom is 0.354 e. The van der Waals surface area contributed by atoms with Gasteiger partial charge in [-0.15, -0.1) is 0 Å². The summed E-state index contributed by atoms with van der Waals surface area (Å²) in [5, 5.41) is 12.0. The maximum atomic E-state index is 10.8. The highest BCUT2D eigenvalue weighted by atomic mass is 16.5. The van der Waals surface area contributed by atoms with Crippen molar-refractivity contribution in [1.29, 1.82) is 0 Å². The standard InChI is InChI=1S/C15H14N2O3/c1-16-13-8-20-14-6-9(2-4-11(13)14)10-3-5-12(15(18)19)17-7-10/h2-7,13,16H,8H2,1H3,(H,18,19). The number of carboxylic acid groups (broad SMARTS) is 1. The lowest BCUT2D eigenvalue weighted by Crippen LogP contribution is -2.16.